The molecule has 4 rings (SSSR count). The van der Waals surface area contributed by atoms with Crippen LogP contribution in [0.5, 0.6) is 0 Å². The lowest BCUT2D eigenvalue weighted by Crippen LogP contribution is -2.64. The van der Waals surface area contributed by atoms with Gasteiger partial charge in [0.05, 0.1) is 12.3 Å². The molecule has 1 aromatic rings. The van der Waals surface area contributed by atoms with Crippen molar-refractivity contribution < 1.29 is 9.53 Å². The number of aromatic nitrogens is 1. The maximum Gasteiger partial charge on any atom is 0.247 e. The molecular weight excluding hydrogens is 336 g/mol. The molecule has 1 aliphatic carbocycles. The number of nitrogens with one attached hydrogen (secondary N) is 1. The van der Waals surface area contributed by atoms with E-state index in [0.29, 0.717) is 12.5 Å². The van der Waals surface area contributed by atoms with Gasteiger partial charge in [-0.2, -0.15) is 0 Å². The molecular formula is C18H28N4O2S. The van der Waals surface area contributed by atoms with Gasteiger partial charge >= 0.3 is 0 Å². The standard InChI is InChI=1S/C18H28N4O2S/c1-24-12-14-16(13-5-3-2-4-6-13)25-18(20-14)22-10-9-21-8-7-19-11-15(21)17(22)23/h13,15,19H,2-12H2,1H3/t15-/m1/s1. The lowest BCUT2D eigenvalue weighted by Gasteiger charge is -2.42. The first-order chi connectivity index (χ1) is 12.3. The highest BCUT2D eigenvalue weighted by Gasteiger charge is 2.38. The van der Waals surface area contributed by atoms with Gasteiger partial charge in [-0.05, 0) is 18.8 Å². The zero-order valence-corrected chi connectivity index (χ0v) is 15.8. The van der Waals surface area contributed by atoms with Crippen LogP contribution in [-0.4, -0.2) is 61.7 Å². The number of fused-ring (bicyclic) bond motifs is 1. The minimum absolute atomic E-state index is 0.0320. The van der Waals surface area contributed by atoms with E-state index in [-0.39, 0.29) is 11.9 Å². The Balaban J connectivity index is 1.58. The van der Waals surface area contributed by atoms with E-state index in [4.69, 9.17) is 9.72 Å². The average Bonchev–Trinajstić information content (AvgIpc) is 3.07. The van der Waals surface area contributed by atoms with Crippen molar-refractivity contribution in [3.05, 3.63) is 10.6 Å². The first-order valence-electron chi connectivity index (χ1n) is 9.52. The number of hydrogen-bond acceptors (Lipinski definition) is 6. The summed E-state index contributed by atoms with van der Waals surface area (Å²) in [5.41, 5.74) is 1.05. The van der Waals surface area contributed by atoms with Gasteiger partial charge in [-0.3, -0.25) is 14.6 Å². The fourth-order valence-corrected chi connectivity index (χ4v) is 5.62. The summed E-state index contributed by atoms with van der Waals surface area (Å²) >= 11 is 1.73. The van der Waals surface area contributed by atoms with Gasteiger partial charge in [-0.1, -0.05) is 19.3 Å². The maximum atomic E-state index is 13.0. The molecule has 0 bridgehead atoms. The van der Waals surface area contributed by atoms with Crippen molar-refractivity contribution in [2.45, 2.75) is 50.7 Å². The van der Waals surface area contributed by atoms with Gasteiger partial charge < -0.3 is 10.1 Å². The summed E-state index contributed by atoms with van der Waals surface area (Å²) in [7, 11) is 1.72. The van der Waals surface area contributed by atoms with Crippen molar-refractivity contribution >= 4 is 22.4 Å². The van der Waals surface area contributed by atoms with Gasteiger partial charge in [0.25, 0.3) is 0 Å². The van der Waals surface area contributed by atoms with E-state index in [2.05, 4.69) is 10.2 Å². The van der Waals surface area contributed by atoms with Crippen LogP contribution in [0.15, 0.2) is 0 Å². The van der Waals surface area contributed by atoms with Crippen molar-refractivity contribution in [1.29, 1.82) is 0 Å². The molecule has 0 unspecified atom stereocenters. The Labute approximate surface area is 153 Å². The molecule has 1 N–H and O–H groups in total. The van der Waals surface area contributed by atoms with Crippen molar-refractivity contribution in [3.8, 4) is 0 Å². The van der Waals surface area contributed by atoms with Crippen LogP contribution in [0.3, 0.4) is 0 Å². The van der Waals surface area contributed by atoms with Gasteiger partial charge in [0, 0.05) is 44.7 Å². The normalized spacial score (nSPS) is 26.0. The third kappa shape index (κ3) is 3.47. The minimum Gasteiger partial charge on any atom is -0.378 e. The molecule has 2 saturated heterocycles. The second kappa shape index (κ2) is 7.70. The first-order valence-corrected chi connectivity index (χ1v) is 10.3. The Kier molecular flexibility index (Phi) is 5.36. The van der Waals surface area contributed by atoms with Crippen LogP contribution in [0.2, 0.25) is 0 Å². The van der Waals surface area contributed by atoms with E-state index in [0.717, 1.165) is 43.5 Å². The predicted octanol–water partition coefficient (Wildman–Crippen LogP) is 1.96. The SMILES string of the molecule is COCc1nc(N2CCN3CCNC[C@@H]3C2=O)sc1C1CCCCC1. The Bertz CT molecular complexity index is 614. The Hall–Kier alpha value is -1.02. The number of thiazole rings is 1. The van der Waals surface area contributed by atoms with Crippen molar-refractivity contribution in [1.82, 2.24) is 15.2 Å². The van der Waals surface area contributed by atoms with Gasteiger partial charge in [-0.15, -0.1) is 11.3 Å². The Morgan fingerprint density at radius 1 is 1.24 bits per heavy atom. The number of carbonyl (C=O) groups is 1. The number of rotatable bonds is 4. The summed E-state index contributed by atoms with van der Waals surface area (Å²) in [6.07, 6.45) is 6.43. The zero-order valence-electron chi connectivity index (χ0n) is 15.0. The van der Waals surface area contributed by atoms with Crippen LogP contribution in [0.4, 0.5) is 5.13 Å². The topological polar surface area (TPSA) is 57.7 Å². The van der Waals surface area contributed by atoms with Crippen LogP contribution >= 0.6 is 11.3 Å². The van der Waals surface area contributed by atoms with Gasteiger partial charge in [0.15, 0.2) is 5.13 Å². The van der Waals surface area contributed by atoms with Crippen molar-refractivity contribution in [3.63, 3.8) is 0 Å². The monoisotopic (exact) mass is 364 g/mol. The lowest BCUT2D eigenvalue weighted by molar-refractivity contribution is -0.126. The predicted molar refractivity (Wildman–Crippen MR) is 99.2 cm³/mol. The van der Waals surface area contributed by atoms with Gasteiger partial charge in [-0.25, -0.2) is 4.98 Å². The van der Waals surface area contributed by atoms with E-state index in [1.807, 2.05) is 4.90 Å². The first kappa shape index (κ1) is 17.4. The smallest absolute Gasteiger partial charge is 0.247 e. The molecule has 6 nitrogen and oxygen atoms in total. The highest BCUT2D eigenvalue weighted by molar-refractivity contribution is 7.16. The second-order valence-corrected chi connectivity index (χ2v) is 8.33. The number of ether oxygens (including phenoxy) is 1. The molecule has 3 fully saturated rings. The largest absolute Gasteiger partial charge is 0.378 e. The van der Waals surface area contributed by atoms with Gasteiger partial charge in [0.1, 0.15) is 6.04 Å². The molecule has 0 aromatic carbocycles. The van der Waals surface area contributed by atoms with E-state index in [9.17, 15) is 4.79 Å². The number of methoxy groups -OCH3 is 1. The van der Waals surface area contributed by atoms with E-state index in [1.165, 1.54) is 37.0 Å². The zero-order chi connectivity index (χ0) is 17.2. The number of hydrogen-bond donors (Lipinski definition) is 1. The van der Waals surface area contributed by atoms with Crippen LogP contribution < -0.4 is 10.2 Å². The van der Waals surface area contributed by atoms with E-state index < -0.39 is 0 Å². The molecule has 1 saturated carbocycles. The Morgan fingerprint density at radius 2 is 2.08 bits per heavy atom. The molecule has 138 valence electrons. The minimum atomic E-state index is -0.0320. The highest BCUT2D eigenvalue weighted by Crippen LogP contribution is 2.40. The highest BCUT2D eigenvalue weighted by atomic mass is 32.1. The molecule has 0 radical (unpaired) electrons. The summed E-state index contributed by atoms with van der Waals surface area (Å²) in [5, 5.41) is 4.23. The number of nitrogens with zero attached hydrogens (tertiary/aromatic N) is 3. The van der Waals surface area contributed by atoms with Gasteiger partial charge in [0.2, 0.25) is 5.91 Å². The van der Waals surface area contributed by atoms with E-state index in [1.54, 1.807) is 18.4 Å². The number of piperazine rings is 2. The number of amides is 1. The summed E-state index contributed by atoms with van der Waals surface area (Å²) in [4.78, 5) is 23.4. The third-order valence-corrected chi connectivity index (χ3v) is 7.00. The fraction of sp³-hybridized carbons (Fsp3) is 0.778. The third-order valence-electron chi connectivity index (χ3n) is 5.72. The average molecular weight is 365 g/mol. The summed E-state index contributed by atoms with van der Waals surface area (Å²) in [5.74, 6) is 0.796. The lowest BCUT2D eigenvalue weighted by atomic mass is 9.87. The van der Waals surface area contributed by atoms with Crippen LogP contribution in [0, 0.1) is 0 Å². The molecule has 2 aliphatic heterocycles. The molecule has 0 spiro atoms. The van der Waals surface area contributed by atoms with Crippen molar-refractivity contribution in [2.24, 2.45) is 0 Å². The quantitative estimate of drug-likeness (QED) is 0.885. The molecule has 1 aromatic heterocycles. The molecule has 7 heteroatoms. The fourth-order valence-electron chi connectivity index (χ4n) is 4.36. The Morgan fingerprint density at radius 3 is 2.88 bits per heavy atom. The molecule has 3 aliphatic rings. The van der Waals surface area contributed by atoms with Crippen LogP contribution in [0.25, 0.3) is 0 Å². The van der Waals surface area contributed by atoms with Crippen molar-refractivity contribution in [2.75, 3.05) is 44.7 Å². The maximum absolute atomic E-state index is 13.0. The van der Waals surface area contributed by atoms with Crippen LogP contribution in [-0.2, 0) is 16.1 Å². The van der Waals surface area contributed by atoms with Crippen LogP contribution in [0.1, 0.15) is 48.6 Å². The molecule has 3 heterocycles. The number of carbonyl (C=O) groups excluding carboxylic acids is 1. The summed E-state index contributed by atoms with van der Waals surface area (Å²) in [6.45, 7) is 4.92. The van der Waals surface area contributed by atoms with E-state index >= 15 is 0 Å². The number of anilines is 1. The summed E-state index contributed by atoms with van der Waals surface area (Å²) < 4.78 is 5.40. The molecule has 1 amide bonds. The molecule has 1 atom stereocenters. The molecule has 25 heavy (non-hydrogen) atoms. The second-order valence-electron chi connectivity index (χ2n) is 7.32. The summed E-state index contributed by atoms with van der Waals surface area (Å²) in [6, 6.07) is -0.0320.